The Hall–Kier alpha value is -2.30. The highest BCUT2D eigenvalue weighted by Crippen LogP contribution is 2.42. The molecule has 1 aliphatic carbocycles. The summed E-state index contributed by atoms with van der Waals surface area (Å²) in [5.74, 6) is 0.416. The van der Waals surface area contributed by atoms with Crippen LogP contribution < -0.4 is 5.32 Å². The Kier molecular flexibility index (Phi) is 2.95. The van der Waals surface area contributed by atoms with Crippen LogP contribution in [0, 0.1) is 0 Å². The number of nitrogens with zero attached hydrogens (tertiary/aromatic N) is 2. The number of anilines is 1. The van der Waals surface area contributed by atoms with E-state index in [0.717, 1.165) is 24.1 Å². The third-order valence-corrected chi connectivity index (χ3v) is 3.18. The second-order valence-electron chi connectivity index (χ2n) is 4.82. The van der Waals surface area contributed by atoms with Crippen molar-refractivity contribution in [1.82, 2.24) is 9.78 Å². The summed E-state index contributed by atoms with van der Waals surface area (Å²) < 4.78 is 1.80. The van der Waals surface area contributed by atoms with Gasteiger partial charge in [0.25, 0.3) is 0 Å². The maximum atomic E-state index is 10.8. The maximum absolute atomic E-state index is 10.8. The molecular weight excluding hydrogens is 242 g/mol. The van der Waals surface area contributed by atoms with Gasteiger partial charge >= 0.3 is 6.09 Å². The first-order chi connectivity index (χ1) is 9.22. The van der Waals surface area contributed by atoms with E-state index >= 15 is 0 Å². The van der Waals surface area contributed by atoms with Crippen LogP contribution in [0.2, 0.25) is 0 Å². The second-order valence-corrected chi connectivity index (χ2v) is 4.82. The van der Waals surface area contributed by atoms with Crippen LogP contribution in [0.4, 0.5) is 10.5 Å². The predicted molar refractivity (Wildman–Crippen MR) is 71.4 cm³/mol. The van der Waals surface area contributed by atoms with E-state index in [0.29, 0.717) is 18.2 Å². The average molecular weight is 257 g/mol. The molecule has 0 radical (unpaired) electrons. The molecule has 1 heterocycles. The highest BCUT2D eigenvalue weighted by atomic mass is 16.4. The maximum Gasteiger partial charge on any atom is 0.409 e. The molecule has 1 aliphatic rings. The number of carboxylic acid groups (broad SMARTS) is 1. The zero-order valence-electron chi connectivity index (χ0n) is 10.4. The molecule has 0 spiro atoms. The quantitative estimate of drug-likeness (QED) is 0.885. The minimum absolute atomic E-state index is 0.416. The lowest BCUT2D eigenvalue weighted by molar-refractivity contribution is 0.209. The molecular formula is C14H15N3O2. The van der Waals surface area contributed by atoms with Crippen LogP contribution in [-0.4, -0.2) is 21.0 Å². The minimum atomic E-state index is -1.04. The number of hydrogen-bond acceptors (Lipinski definition) is 2. The fourth-order valence-electron chi connectivity index (χ4n) is 2.16. The van der Waals surface area contributed by atoms with Crippen LogP contribution >= 0.6 is 0 Å². The van der Waals surface area contributed by atoms with Crippen molar-refractivity contribution in [3.63, 3.8) is 0 Å². The molecule has 98 valence electrons. The van der Waals surface area contributed by atoms with Crippen molar-refractivity contribution in [2.75, 3.05) is 5.32 Å². The van der Waals surface area contributed by atoms with Gasteiger partial charge in [-0.2, -0.15) is 5.10 Å². The molecule has 0 unspecified atom stereocenters. The van der Waals surface area contributed by atoms with E-state index in [1.807, 2.05) is 30.3 Å². The molecule has 1 amide bonds. The van der Waals surface area contributed by atoms with E-state index in [4.69, 9.17) is 5.11 Å². The lowest BCUT2D eigenvalue weighted by atomic mass is 10.2. The van der Waals surface area contributed by atoms with E-state index in [9.17, 15) is 4.79 Å². The largest absolute Gasteiger partial charge is 0.465 e. The highest BCUT2D eigenvalue weighted by molar-refractivity contribution is 5.83. The molecule has 0 bridgehead atoms. The number of amides is 1. The third-order valence-electron chi connectivity index (χ3n) is 3.18. The van der Waals surface area contributed by atoms with Gasteiger partial charge in [-0.05, 0) is 18.4 Å². The van der Waals surface area contributed by atoms with Crippen LogP contribution in [0.5, 0.6) is 0 Å². The van der Waals surface area contributed by atoms with Crippen LogP contribution in [0.15, 0.2) is 36.5 Å². The molecule has 1 saturated carbocycles. The smallest absolute Gasteiger partial charge is 0.409 e. The molecule has 1 fully saturated rings. The summed E-state index contributed by atoms with van der Waals surface area (Å²) in [7, 11) is 0. The summed E-state index contributed by atoms with van der Waals surface area (Å²) in [5.41, 5.74) is 2.64. The standard InChI is InChI=1S/C14H15N3O2/c18-14(19)15-12-9-17(16-13(12)11-6-7-11)8-10-4-2-1-3-5-10/h1-5,9,11,15H,6-8H2,(H,18,19). The number of carbonyl (C=O) groups is 1. The SMILES string of the molecule is O=C(O)Nc1cn(Cc2ccccc2)nc1C1CC1. The van der Waals surface area contributed by atoms with Gasteiger partial charge in [0.05, 0.1) is 17.9 Å². The fraction of sp³-hybridized carbons (Fsp3) is 0.286. The van der Waals surface area contributed by atoms with Gasteiger partial charge in [-0.3, -0.25) is 10.00 Å². The van der Waals surface area contributed by atoms with E-state index in [-0.39, 0.29) is 0 Å². The van der Waals surface area contributed by atoms with Gasteiger partial charge < -0.3 is 5.11 Å². The number of benzene rings is 1. The van der Waals surface area contributed by atoms with Gasteiger partial charge in [0, 0.05) is 12.1 Å². The van der Waals surface area contributed by atoms with Crippen LogP contribution in [0.1, 0.15) is 30.0 Å². The summed E-state index contributed by atoms with van der Waals surface area (Å²) in [6.07, 6.45) is 2.92. The zero-order valence-corrected chi connectivity index (χ0v) is 10.4. The van der Waals surface area contributed by atoms with E-state index in [2.05, 4.69) is 10.4 Å². The lowest BCUT2D eigenvalue weighted by Gasteiger charge is -2.00. The van der Waals surface area contributed by atoms with Crippen LogP contribution in [0.3, 0.4) is 0 Å². The Bertz CT molecular complexity index is 588. The van der Waals surface area contributed by atoms with Crippen molar-refractivity contribution in [2.24, 2.45) is 0 Å². The summed E-state index contributed by atoms with van der Waals surface area (Å²) in [6.45, 7) is 0.655. The number of rotatable bonds is 4. The van der Waals surface area contributed by atoms with E-state index in [1.54, 1.807) is 10.9 Å². The molecule has 0 aliphatic heterocycles. The molecule has 3 rings (SSSR count). The van der Waals surface area contributed by atoms with Crippen molar-refractivity contribution in [2.45, 2.75) is 25.3 Å². The highest BCUT2D eigenvalue weighted by Gasteiger charge is 2.29. The van der Waals surface area contributed by atoms with E-state index < -0.39 is 6.09 Å². The Morgan fingerprint density at radius 2 is 2.11 bits per heavy atom. The second kappa shape index (κ2) is 4.76. The summed E-state index contributed by atoms with van der Waals surface area (Å²) >= 11 is 0. The Morgan fingerprint density at radius 3 is 2.74 bits per heavy atom. The Labute approximate surface area is 110 Å². The van der Waals surface area contributed by atoms with Gasteiger partial charge in [-0.25, -0.2) is 4.79 Å². The fourth-order valence-corrected chi connectivity index (χ4v) is 2.16. The van der Waals surface area contributed by atoms with Crippen molar-refractivity contribution < 1.29 is 9.90 Å². The van der Waals surface area contributed by atoms with Crippen LogP contribution in [0.25, 0.3) is 0 Å². The molecule has 0 saturated heterocycles. The zero-order chi connectivity index (χ0) is 13.2. The predicted octanol–water partition coefficient (Wildman–Crippen LogP) is 2.90. The summed E-state index contributed by atoms with van der Waals surface area (Å²) in [4.78, 5) is 10.8. The topological polar surface area (TPSA) is 67.2 Å². The molecule has 0 atom stereocenters. The Balaban J connectivity index is 1.84. The molecule has 5 heteroatoms. The van der Waals surface area contributed by atoms with E-state index in [1.165, 1.54) is 0 Å². The van der Waals surface area contributed by atoms with Gasteiger partial charge in [-0.15, -0.1) is 0 Å². The van der Waals surface area contributed by atoms with Gasteiger partial charge in [0.1, 0.15) is 0 Å². The average Bonchev–Trinajstić information content (AvgIpc) is 3.14. The van der Waals surface area contributed by atoms with Crippen molar-refractivity contribution in [3.05, 3.63) is 47.8 Å². The van der Waals surface area contributed by atoms with Gasteiger partial charge in [0.15, 0.2) is 0 Å². The molecule has 19 heavy (non-hydrogen) atoms. The number of nitrogens with one attached hydrogen (secondary N) is 1. The lowest BCUT2D eigenvalue weighted by Crippen LogP contribution is -2.07. The third kappa shape index (κ3) is 2.76. The molecule has 1 aromatic carbocycles. The molecule has 5 nitrogen and oxygen atoms in total. The van der Waals surface area contributed by atoms with Crippen molar-refractivity contribution >= 4 is 11.8 Å². The number of aromatic nitrogens is 2. The van der Waals surface area contributed by atoms with Gasteiger partial charge in [-0.1, -0.05) is 30.3 Å². The summed E-state index contributed by atoms with van der Waals surface area (Å²) in [5, 5.41) is 15.8. The first-order valence-corrected chi connectivity index (χ1v) is 6.33. The first kappa shape index (κ1) is 11.8. The number of hydrogen-bond donors (Lipinski definition) is 2. The normalized spacial score (nSPS) is 14.3. The Morgan fingerprint density at radius 1 is 1.37 bits per heavy atom. The molecule has 2 N–H and O–H groups in total. The van der Waals surface area contributed by atoms with Crippen molar-refractivity contribution in [3.8, 4) is 0 Å². The van der Waals surface area contributed by atoms with Crippen molar-refractivity contribution in [1.29, 1.82) is 0 Å². The van der Waals surface area contributed by atoms with Gasteiger partial charge in [0.2, 0.25) is 0 Å². The monoisotopic (exact) mass is 257 g/mol. The molecule has 2 aromatic rings. The first-order valence-electron chi connectivity index (χ1n) is 6.33. The summed E-state index contributed by atoms with van der Waals surface area (Å²) in [6, 6.07) is 10.00. The van der Waals surface area contributed by atoms with Crippen LogP contribution in [-0.2, 0) is 6.54 Å². The molecule has 1 aromatic heterocycles. The minimum Gasteiger partial charge on any atom is -0.465 e.